The second kappa shape index (κ2) is 6.13. The largest absolute Gasteiger partial charge is 0.469 e. The van der Waals surface area contributed by atoms with E-state index in [4.69, 9.17) is 27.6 Å². The molecule has 0 radical (unpaired) electrons. The standard InChI is InChI=1S/C14H14Cl2O/c15-12(7-8-13-5-3-9-17-13)10-11-4-1-2-6-14(11)16/h1-6,9,12H,7-8,10H2. The molecule has 17 heavy (non-hydrogen) atoms. The van der Waals surface area contributed by atoms with Crippen LogP contribution >= 0.6 is 23.2 Å². The fraction of sp³-hybridized carbons (Fsp3) is 0.286. The van der Waals surface area contributed by atoms with Gasteiger partial charge in [0.15, 0.2) is 0 Å². The Morgan fingerprint density at radius 3 is 2.65 bits per heavy atom. The molecule has 1 nitrogen and oxygen atoms in total. The van der Waals surface area contributed by atoms with Crippen molar-refractivity contribution in [1.82, 2.24) is 0 Å². The molecule has 0 spiro atoms. The van der Waals surface area contributed by atoms with Crippen LogP contribution in [0.1, 0.15) is 17.7 Å². The maximum absolute atomic E-state index is 6.30. The fourth-order valence-electron chi connectivity index (χ4n) is 1.76. The summed E-state index contributed by atoms with van der Waals surface area (Å²) in [5, 5.41) is 0.871. The smallest absolute Gasteiger partial charge is 0.103 e. The molecule has 1 aromatic carbocycles. The third kappa shape index (κ3) is 3.79. The van der Waals surface area contributed by atoms with Crippen LogP contribution < -0.4 is 0 Å². The first-order valence-corrected chi connectivity index (χ1v) is 6.47. The van der Waals surface area contributed by atoms with Crippen molar-refractivity contribution < 1.29 is 4.42 Å². The molecule has 0 saturated carbocycles. The number of furan rings is 1. The van der Waals surface area contributed by atoms with Crippen LogP contribution in [0.2, 0.25) is 5.02 Å². The SMILES string of the molecule is Clc1ccccc1CC(Cl)CCc1ccco1. The molecule has 0 aliphatic carbocycles. The molecule has 1 heterocycles. The minimum atomic E-state index is 0.0833. The van der Waals surface area contributed by atoms with E-state index in [9.17, 15) is 0 Å². The van der Waals surface area contributed by atoms with Gasteiger partial charge in [0, 0.05) is 16.8 Å². The van der Waals surface area contributed by atoms with Gasteiger partial charge < -0.3 is 4.42 Å². The topological polar surface area (TPSA) is 13.1 Å². The Morgan fingerprint density at radius 1 is 1.12 bits per heavy atom. The molecule has 1 aromatic heterocycles. The van der Waals surface area contributed by atoms with Crippen molar-refractivity contribution in [2.75, 3.05) is 0 Å². The van der Waals surface area contributed by atoms with Crippen molar-refractivity contribution in [3.63, 3.8) is 0 Å². The third-order valence-electron chi connectivity index (χ3n) is 2.68. The first-order valence-electron chi connectivity index (χ1n) is 5.65. The van der Waals surface area contributed by atoms with Gasteiger partial charge in [-0.25, -0.2) is 0 Å². The summed E-state index contributed by atoms with van der Waals surface area (Å²) in [5.41, 5.74) is 1.11. The Bertz CT molecular complexity index is 451. The van der Waals surface area contributed by atoms with Gasteiger partial charge in [-0.1, -0.05) is 29.8 Å². The van der Waals surface area contributed by atoms with Crippen molar-refractivity contribution in [1.29, 1.82) is 0 Å². The van der Waals surface area contributed by atoms with E-state index in [1.165, 1.54) is 0 Å². The molecule has 3 heteroatoms. The van der Waals surface area contributed by atoms with Crippen LogP contribution in [0.25, 0.3) is 0 Å². The summed E-state index contributed by atoms with van der Waals surface area (Å²) in [5.74, 6) is 0.981. The van der Waals surface area contributed by atoms with Crippen LogP contribution in [0.3, 0.4) is 0 Å². The van der Waals surface area contributed by atoms with E-state index >= 15 is 0 Å². The average molecular weight is 269 g/mol. The number of rotatable bonds is 5. The molecule has 0 aliphatic rings. The van der Waals surface area contributed by atoms with E-state index in [-0.39, 0.29) is 5.38 Å². The quantitative estimate of drug-likeness (QED) is 0.716. The van der Waals surface area contributed by atoms with Gasteiger partial charge in [-0.3, -0.25) is 0 Å². The van der Waals surface area contributed by atoms with Crippen LogP contribution in [-0.4, -0.2) is 5.38 Å². The molecule has 2 aromatic rings. The summed E-state index contributed by atoms with van der Waals surface area (Å²) >= 11 is 12.4. The highest BCUT2D eigenvalue weighted by Gasteiger charge is 2.09. The molecule has 90 valence electrons. The van der Waals surface area contributed by atoms with E-state index in [0.29, 0.717) is 0 Å². The van der Waals surface area contributed by atoms with Crippen LogP contribution in [0.4, 0.5) is 0 Å². The van der Waals surface area contributed by atoms with E-state index in [1.54, 1.807) is 6.26 Å². The molecule has 0 fully saturated rings. The van der Waals surface area contributed by atoms with Crippen LogP contribution in [-0.2, 0) is 12.8 Å². The van der Waals surface area contributed by atoms with Gasteiger partial charge in [-0.15, -0.1) is 11.6 Å². The van der Waals surface area contributed by atoms with Crippen molar-refractivity contribution in [2.24, 2.45) is 0 Å². The Kier molecular flexibility index (Phi) is 4.52. The van der Waals surface area contributed by atoms with Gasteiger partial charge in [-0.05, 0) is 36.6 Å². The lowest BCUT2D eigenvalue weighted by Gasteiger charge is -2.09. The molecule has 2 rings (SSSR count). The predicted octanol–water partition coefficient (Wildman–Crippen LogP) is 4.72. The minimum Gasteiger partial charge on any atom is -0.469 e. The lowest BCUT2D eigenvalue weighted by atomic mass is 10.1. The second-order valence-electron chi connectivity index (χ2n) is 4.01. The zero-order valence-corrected chi connectivity index (χ0v) is 10.9. The Balaban J connectivity index is 1.85. The summed E-state index contributed by atoms with van der Waals surface area (Å²) in [6, 6.07) is 11.7. The van der Waals surface area contributed by atoms with Crippen molar-refractivity contribution in [2.45, 2.75) is 24.6 Å². The summed E-state index contributed by atoms with van der Waals surface area (Å²) in [7, 11) is 0. The lowest BCUT2D eigenvalue weighted by molar-refractivity contribution is 0.499. The summed E-state index contributed by atoms with van der Waals surface area (Å²) in [4.78, 5) is 0. The Labute approximate surface area is 111 Å². The van der Waals surface area contributed by atoms with Gasteiger partial charge in [-0.2, -0.15) is 0 Å². The molecule has 0 saturated heterocycles. The first kappa shape index (κ1) is 12.5. The van der Waals surface area contributed by atoms with Crippen molar-refractivity contribution in [3.8, 4) is 0 Å². The van der Waals surface area contributed by atoms with E-state index < -0.39 is 0 Å². The van der Waals surface area contributed by atoms with Crippen LogP contribution in [0.15, 0.2) is 47.1 Å². The maximum atomic E-state index is 6.30. The second-order valence-corrected chi connectivity index (χ2v) is 5.04. The number of alkyl halides is 1. The summed E-state index contributed by atoms with van der Waals surface area (Å²) < 4.78 is 5.27. The highest BCUT2D eigenvalue weighted by Crippen LogP contribution is 2.20. The van der Waals surface area contributed by atoms with Gasteiger partial charge in [0.25, 0.3) is 0 Å². The summed E-state index contributed by atoms with van der Waals surface area (Å²) in [6.07, 6.45) is 4.24. The molecular formula is C14H14Cl2O. The molecule has 0 amide bonds. The molecule has 0 N–H and O–H groups in total. The van der Waals surface area contributed by atoms with Gasteiger partial charge >= 0.3 is 0 Å². The van der Waals surface area contributed by atoms with Crippen molar-refractivity contribution >= 4 is 23.2 Å². The zero-order chi connectivity index (χ0) is 12.1. The normalized spacial score (nSPS) is 12.6. The van der Waals surface area contributed by atoms with E-state index in [0.717, 1.165) is 35.6 Å². The maximum Gasteiger partial charge on any atom is 0.103 e. The number of benzene rings is 1. The molecule has 0 bridgehead atoms. The molecule has 0 aliphatic heterocycles. The van der Waals surface area contributed by atoms with E-state index in [2.05, 4.69) is 0 Å². The van der Waals surface area contributed by atoms with Gasteiger partial charge in [0.05, 0.1) is 6.26 Å². The average Bonchev–Trinajstić information content (AvgIpc) is 2.82. The predicted molar refractivity (Wildman–Crippen MR) is 71.8 cm³/mol. The fourth-order valence-corrected chi connectivity index (χ4v) is 2.25. The molecule has 1 atom stereocenters. The Morgan fingerprint density at radius 2 is 1.94 bits per heavy atom. The monoisotopic (exact) mass is 268 g/mol. The summed E-state index contributed by atoms with van der Waals surface area (Å²) in [6.45, 7) is 0. The number of hydrogen-bond donors (Lipinski definition) is 0. The Hall–Kier alpha value is -0.920. The van der Waals surface area contributed by atoms with Gasteiger partial charge in [0.1, 0.15) is 5.76 Å². The number of hydrogen-bond acceptors (Lipinski definition) is 1. The van der Waals surface area contributed by atoms with Crippen LogP contribution in [0, 0.1) is 0 Å². The van der Waals surface area contributed by atoms with Gasteiger partial charge in [0.2, 0.25) is 0 Å². The lowest BCUT2D eigenvalue weighted by Crippen LogP contribution is -2.05. The number of halogens is 2. The minimum absolute atomic E-state index is 0.0833. The van der Waals surface area contributed by atoms with Crippen LogP contribution in [0.5, 0.6) is 0 Å². The number of aryl methyl sites for hydroxylation is 1. The first-order chi connectivity index (χ1) is 8.25. The highest BCUT2D eigenvalue weighted by molar-refractivity contribution is 6.31. The highest BCUT2D eigenvalue weighted by atomic mass is 35.5. The zero-order valence-electron chi connectivity index (χ0n) is 9.40. The van der Waals surface area contributed by atoms with Crippen molar-refractivity contribution in [3.05, 3.63) is 59.0 Å². The molecule has 1 unspecified atom stereocenters. The van der Waals surface area contributed by atoms with E-state index in [1.807, 2.05) is 36.4 Å². The third-order valence-corrected chi connectivity index (χ3v) is 3.42. The molecular weight excluding hydrogens is 255 g/mol.